The highest BCUT2D eigenvalue weighted by atomic mass is 35.5. The second kappa shape index (κ2) is 7.74. The van der Waals surface area contributed by atoms with Crippen molar-refractivity contribution < 1.29 is 13.2 Å². The fourth-order valence-electron chi connectivity index (χ4n) is 4.35. The van der Waals surface area contributed by atoms with Crippen LogP contribution in [0.25, 0.3) is 0 Å². The van der Waals surface area contributed by atoms with Crippen molar-refractivity contribution >= 4 is 33.2 Å². The maximum atomic E-state index is 13.3. The monoisotopic (exact) mass is 432 g/mol. The van der Waals surface area contributed by atoms with Crippen LogP contribution in [0.1, 0.15) is 42.6 Å². The molecule has 0 aliphatic carbocycles. The van der Waals surface area contributed by atoms with Crippen molar-refractivity contribution in [2.75, 3.05) is 18.0 Å². The first-order valence-corrected chi connectivity index (χ1v) is 11.8. The number of hydrogen-bond donors (Lipinski definition) is 0. The number of halogens is 1. The number of rotatable bonds is 3. The topological polar surface area (TPSA) is 57.7 Å². The van der Waals surface area contributed by atoms with Crippen LogP contribution < -0.4 is 4.90 Å². The van der Waals surface area contributed by atoms with Crippen LogP contribution in [0.5, 0.6) is 0 Å². The number of anilines is 1. The van der Waals surface area contributed by atoms with E-state index >= 15 is 0 Å². The minimum Gasteiger partial charge on any atom is -0.305 e. The Hall–Kier alpha value is -1.89. The van der Waals surface area contributed by atoms with Crippen LogP contribution in [0, 0.1) is 5.92 Å². The predicted octanol–water partition coefficient (Wildman–Crippen LogP) is 4.35. The molecule has 0 aromatic heterocycles. The van der Waals surface area contributed by atoms with Crippen molar-refractivity contribution in [1.29, 1.82) is 0 Å². The Labute approximate surface area is 177 Å². The molecule has 5 nitrogen and oxygen atoms in total. The van der Waals surface area contributed by atoms with Gasteiger partial charge in [-0.25, -0.2) is 8.42 Å². The van der Waals surface area contributed by atoms with Crippen LogP contribution in [-0.2, 0) is 16.4 Å². The van der Waals surface area contributed by atoms with E-state index in [4.69, 9.17) is 11.6 Å². The van der Waals surface area contributed by atoms with E-state index in [-0.39, 0.29) is 21.9 Å². The smallest absolute Gasteiger partial charge is 0.258 e. The summed E-state index contributed by atoms with van der Waals surface area (Å²) in [6.07, 6.45) is 2.63. The second-order valence-electron chi connectivity index (χ2n) is 8.11. The third kappa shape index (κ3) is 3.69. The van der Waals surface area contributed by atoms with Gasteiger partial charge in [0.25, 0.3) is 5.91 Å². The molecule has 1 saturated heterocycles. The second-order valence-corrected chi connectivity index (χ2v) is 10.4. The number of benzene rings is 2. The molecular weight excluding hydrogens is 408 g/mol. The van der Waals surface area contributed by atoms with E-state index in [1.807, 2.05) is 31.2 Å². The van der Waals surface area contributed by atoms with E-state index in [0.717, 1.165) is 30.5 Å². The van der Waals surface area contributed by atoms with E-state index in [0.29, 0.717) is 24.6 Å². The summed E-state index contributed by atoms with van der Waals surface area (Å²) in [7, 11) is -3.75. The number of piperidine rings is 1. The number of carbonyl (C=O) groups is 1. The molecule has 154 valence electrons. The zero-order valence-electron chi connectivity index (χ0n) is 16.6. The quantitative estimate of drug-likeness (QED) is 0.724. The molecule has 0 N–H and O–H groups in total. The highest BCUT2D eigenvalue weighted by Gasteiger charge is 2.34. The Morgan fingerprint density at radius 3 is 2.66 bits per heavy atom. The van der Waals surface area contributed by atoms with Gasteiger partial charge in [0, 0.05) is 30.4 Å². The average molecular weight is 433 g/mol. The number of hydrogen-bond acceptors (Lipinski definition) is 3. The van der Waals surface area contributed by atoms with Crippen LogP contribution in [0.4, 0.5) is 5.69 Å². The molecule has 0 spiro atoms. The van der Waals surface area contributed by atoms with E-state index in [2.05, 4.69) is 6.92 Å². The van der Waals surface area contributed by atoms with Gasteiger partial charge in [0.1, 0.15) is 4.90 Å². The minimum absolute atomic E-state index is 0.0126. The summed E-state index contributed by atoms with van der Waals surface area (Å²) >= 11 is 6.28. The Kier molecular flexibility index (Phi) is 5.44. The molecular formula is C22H25ClN2O3S. The van der Waals surface area contributed by atoms with E-state index < -0.39 is 10.0 Å². The predicted molar refractivity (Wildman–Crippen MR) is 115 cm³/mol. The lowest BCUT2D eigenvalue weighted by Gasteiger charge is -2.30. The standard InChI is InChI=1S/C22H25ClN2O3S/c1-15-6-5-11-24(14-15)29(27,28)21-13-18(9-10-19(21)23)22(26)25-16(2)12-17-7-3-4-8-20(17)25/h3-4,7-10,13,15-16H,5-6,11-12,14H2,1-2H3/t15-,16-/m1/s1. The van der Waals surface area contributed by atoms with E-state index in [1.54, 1.807) is 11.0 Å². The number of fused-ring (bicyclic) bond motifs is 1. The summed E-state index contributed by atoms with van der Waals surface area (Å²) in [4.78, 5) is 15.1. The van der Waals surface area contributed by atoms with Crippen LogP contribution in [0.2, 0.25) is 5.02 Å². The van der Waals surface area contributed by atoms with Crippen molar-refractivity contribution in [2.45, 2.75) is 44.0 Å². The third-order valence-electron chi connectivity index (χ3n) is 5.84. The van der Waals surface area contributed by atoms with Crippen molar-refractivity contribution in [1.82, 2.24) is 4.31 Å². The van der Waals surface area contributed by atoms with Crippen LogP contribution >= 0.6 is 11.6 Å². The lowest BCUT2D eigenvalue weighted by atomic mass is 10.0. The fourth-order valence-corrected chi connectivity index (χ4v) is 6.45. The van der Waals surface area contributed by atoms with Gasteiger partial charge >= 0.3 is 0 Å². The van der Waals surface area contributed by atoms with Crippen LogP contribution in [0.3, 0.4) is 0 Å². The van der Waals surface area contributed by atoms with Gasteiger partial charge in [0.05, 0.1) is 5.02 Å². The van der Waals surface area contributed by atoms with Gasteiger partial charge in [-0.2, -0.15) is 4.31 Å². The van der Waals surface area contributed by atoms with Gasteiger partial charge in [-0.05, 0) is 61.9 Å². The van der Waals surface area contributed by atoms with Gasteiger partial charge < -0.3 is 4.90 Å². The molecule has 2 aliphatic heterocycles. The molecule has 4 rings (SSSR count). The molecule has 2 heterocycles. The zero-order valence-corrected chi connectivity index (χ0v) is 18.2. The normalized spacial score (nSPS) is 22.5. The third-order valence-corrected chi connectivity index (χ3v) is 8.19. The van der Waals surface area contributed by atoms with Crippen LogP contribution in [-0.4, -0.2) is 37.8 Å². The van der Waals surface area contributed by atoms with E-state index in [9.17, 15) is 13.2 Å². The van der Waals surface area contributed by atoms with Crippen molar-refractivity contribution in [2.24, 2.45) is 5.92 Å². The Morgan fingerprint density at radius 1 is 1.14 bits per heavy atom. The van der Waals surface area contributed by atoms with Crippen LogP contribution in [0.15, 0.2) is 47.4 Å². The molecule has 7 heteroatoms. The highest BCUT2D eigenvalue weighted by Crippen LogP contribution is 2.34. The van der Waals surface area contributed by atoms with Crippen molar-refractivity contribution in [3.05, 3.63) is 58.6 Å². The molecule has 1 fully saturated rings. The highest BCUT2D eigenvalue weighted by molar-refractivity contribution is 7.89. The molecule has 0 unspecified atom stereocenters. The lowest BCUT2D eigenvalue weighted by Crippen LogP contribution is -2.39. The van der Waals surface area contributed by atoms with Gasteiger partial charge in [0.15, 0.2) is 0 Å². The summed E-state index contributed by atoms with van der Waals surface area (Å²) in [5.41, 5.74) is 2.34. The van der Waals surface area contributed by atoms with Gasteiger partial charge in [-0.3, -0.25) is 4.79 Å². The number of nitrogens with zero attached hydrogens (tertiary/aromatic N) is 2. The zero-order chi connectivity index (χ0) is 20.8. The molecule has 0 bridgehead atoms. The maximum absolute atomic E-state index is 13.3. The maximum Gasteiger partial charge on any atom is 0.258 e. The first-order valence-electron chi connectivity index (χ1n) is 10.00. The van der Waals surface area contributed by atoms with Crippen molar-refractivity contribution in [3.8, 4) is 0 Å². The molecule has 29 heavy (non-hydrogen) atoms. The first-order chi connectivity index (χ1) is 13.8. The van der Waals surface area contributed by atoms with Gasteiger partial charge in [-0.1, -0.05) is 36.7 Å². The van der Waals surface area contributed by atoms with Gasteiger partial charge in [-0.15, -0.1) is 0 Å². The number of para-hydroxylation sites is 1. The van der Waals surface area contributed by atoms with Crippen molar-refractivity contribution in [3.63, 3.8) is 0 Å². The molecule has 0 saturated carbocycles. The largest absolute Gasteiger partial charge is 0.305 e. The SMILES string of the molecule is C[C@@H]1CCCN(S(=O)(=O)c2cc(C(=O)N3c4ccccc4C[C@H]3C)ccc2Cl)C1. The summed E-state index contributed by atoms with van der Waals surface area (Å²) in [6, 6.07) is 12.4. The molecule has 1 amide bonds. The van der Waals surface area contributed by atoms with E-state index in [1.165, 1.54) is 16.4 Å². The average Bonchev–Trinajstić information content (AvgIpc) is 3.03. The molecule has 2 aromatic rings. The Balaban J connectivity index is 1.70. The minimum atomic E-state index is -3.75. The number of carbonyl (C=O) groups excluding carboxylic acids is 1. The first kappa shape index (κ1) is 20.4. The van der Waals surface area contributed by atoms with Gasteiger partial charge in [0.2, 0.25) is 10.0 Å². The molecule has 0 radical (unpaired) electrons. The Bertz CT molecular complexity index is 1050. The Morgan fingerprint density at radius 2 is 1.90 bits per heavy atom. The number of amides is 1. The summed E-state index contributed by atoms with van der Waals surface area (Å²) in [5.74, 6) is 0.103. The lowest BCUT2D eigenvalue weighted by molar-refractivity contribution is 0.0981. The molecule has 2 aromatic carbocycles. The summed E-state index contributed by atoms with van der Waals surface area (Å²) in [6.45, 7) is 5.01. The summed E-state index contributed by atoms with van der Waals surface area (Å²) < 4.78 is 27.9. The number of sulfonamides is 1. The molecule has 2 aliphatic rings. The fraction of sp³-hybridized carbons (Fsp3) is 0.409. The summed E-state index contributed by atoms with van der Waals surface area (Å²) in [5, 5.41) is 0.148. The molecule has 2 atom stereocenters.